The predicted molar refractivity (Wildman–Crippen MR) is 160 cm³/mol. The molecule has 1 aliphatic rings. The van der Waals surface area contributed by atoms with Gasteiger partial charge in [-0.1, -0.05) is 29.1 Å². The van der Waals surface area contributed by atoms with Crippen molar-refractivity contribution in [3.63, 3.8) is 0 Å². The number of rotatable bonds is 12. The topological polar surface area (TPSA) is 167 Å². The third-order valence-corrected chi connectivity index (χ3v) is 8.60. The maximum absolute atomic E-state index is 12.5. The Balaban J connectivity index is 1.12. The maximum atomic E-state index is 12.5. The quantitative estimate of drug-likeness (QED) is 0.201. The van der Waals surface area contributed by atoms with Crippen LogP contribution < -0.4 is 14.8 Å². The van der Waals surface area contributed by atoms with Gasteiger partial charge in [0.15, 0.2) is 0 Å². The van der Waals surface area contributed by atoms with Crippen molar-refractivity contribution in [1.29, 1.82) is 0 Å². The van der Waals surface area contributed by atoms with Crippen LogP contribution in [-0.4, -0.2) is 55.4 Å². The molecule has 0 radical (unpaired) electrons. The van der Waals surface area contributed by atoms with Crippen LogP contribution in [0.1, 0.15) is 72.8 Å². The zero-order valence-corrected chi connectivity index (χ0v) is 25.4. The SMILES string of the molecule is CCOc1ccc(CC(=O)N=Nc2nnc([C@H]3CCC[C@H](c4nnc(NC(=O)Cc5ccc(OCC)cn5)s4)C3)s2)nc1. The zero-order valence-electron chi connectivity index (χ0n) is 23.8. The van der Waals surface area contributed by atoms with E-state index < -0.39 is 5.91 Å². The largest absolute Gasteiger partial charge is 0.492 e. The van der Waals surface area contributed by atoms with E-state index >= 15 is 0 Å². The van der Waals surface area contributed by atoms with Crippen LogP contribution in [0.25, 0.3) is 0 Å². The highest BCUT2D eigenvalue weighted by Gasteiger charge is 2.29. The molecule has 224 valence electrons. The van der Waals surface area contributed by atoms with Crippen LogP contribution in [0.5, 0.6) is 11.5 Å². The van der Waals surface area contributed by atoms with E-state index in [4.69, 9.17) is 9.47 Å². The Morgan fingerprint density at radius 1 is 0.860 bits per heavy atom. The van der Waals surface area contributed by atoms with E-state index in [2.05, 4.69) is 45.9 Å². The molecule has 0 unspecified atom stereocenters. The van der Waals surface area contributed by atoms with Crippen molar-refractivity contribution >= 4 is 44.8 Å². The van der Waals surface area contributed by atoms with E-state index in [0.29, 0.717) is 46.4 Å². The molecule has 5 rings (SSSR count). The molecule has 0 saturated heterocycles. The minimum absolute atomic E-state index is 0.0363. The predicted octanol–water partition coefficient (Wildman–Crippen LogP) is 5.45. The first-order valence-corrected chi connectivity index (χ1v) is 15.7. The van der Waals surface area contributed by atoms with Gasteiger partial charge in [-0.3, -0.25) is 19.6 Å². The second-order valence-corrected chi connectivity index (χ2v) is 11.8. The molecule has 43 heavy (non-hydrogen) atoms. The van der Waals surface area contributed by atoms with Gasteiger partial charge in [-0.2, -0.15) is 0 Å². The number of carbonyl (C=O) groups excluding carboxylic acids is 2. The zero-order chi connectivity index (χ0) is 30.0. The number of hydrogen-bond acceptors (Lipinski definition) is 13. The molecule has 1 aliphatic carbocycles. The van der Waals surface area contributed by atoms with Crippen LogP contribution in [-0.2, 0) is 22.4 Å². The second kappa shape index (κ2) is 14.8. The molecule has 0 bridgehead atoms. The van der Waals surface area contributed by atoms with Crippen LogP contribution in [0.4, 0.5) is 10.3 Å². The van der Waals surface area contributed by atoms with Crippen LogP contribution in [0.3, 0.4) is 0 Å². The highest BCUT2D eigenvalue weighted by Crippen LogP contribution is 2.43. The minimum atomic E-state index is -0.416. The van der Waals surface area contributed by atoms with Gasteiger partial charge in [0.2, 0.25) is 11.0 Å². The number of nitrogens with zero attached hydrogens (tertiary/aromatic N) is 8. The van der Waals surface area contributed by atoms with Crippen LogP contribution in [0, 0.1) is 0 Å². The van der Waals surface area contributed by atoms with Gasteiger partial charge in [-0.05, 0) is 57.4 Å². The fourth-order valence-electron chi connectivity index (χ4n) is 4.67. The Hall–Kier alpha value is -4.24. The molecular formula is C28H31N9O4S2. The van der Waals surface area contributed by atoms with E-state index in [9.17, 15) is 9.59 Å². The summed E-state index contributed by atoms with van der Waals surface area (Å²) in [6.45, 7) is 4.91. The van der Waals surface area contributed by atoms with Gasteiger partial charge in [-0.25, -0.2) is 0 Å². The number of anilines is 1. The Morgan fingerprint density at radius 3 is 2.12 bits per heavy atom. The van der Waals surface area contributed by atoms with Crippen LogP contribution >= 0.6 is 22.7 Å². The van der Waals surface area contributed by atoms with Crippen molar-refractivity contribution in [2.75, 3.05) is 18.5 Å². The van der Waals surface area contributed by atoms with Crippen molar-refractivity contribution in [3.8, 4) is 11.5 Å². The summed E-state index contributed by atoms with van der Waals surface area (Å²) in [6, 6.07) is 7.08. The molecule has 1 N–H and O–H groups in total. The monoisotopic (exact) mass is 621 g/mol. The molecule has 4 aromatic rings. The van der Waals surface area contributed by atoms with Gasteiger partial charge < -0.3 is 14.8 Å². The number of carbonyl (C=O) groups is 2. The van der Waals surface area contributed by atoms with E-state index in [-0.39, 0.29) is 30.6 Å². The summed E-state index contributed by atoms with van der Waals surface area (Å²) in [5.41, 5.74) is 1.23. The van der Waals surface area contributed by atoms with Gasteiger partial charge in [0.1, 0.15) is 21.5 Å². The Kier molecular flexibility index (Phi) is 10.4. The van der Waals surface area contributed by atoms with Crippen molar-refractivity contribution in [1.82, 2.24) is 30.4 Å². The molecule has 0 spiro atoms. The fraction of sp³-hybridized carbons (Fsp3) is 0.429. The van der Waals surface area contributed by atoms with Gasteiger partial charge in [-0.15, -0.1) is 30.6 Å². The van der Waals surface area contributed by atoms with Crippen molar-refractivity contribution in [2.24, 2.45) is 10.2 Å². The summed E-state index contributed by atoms with van der Waals surface area (Å²) in [5, 5.41) is 30.2. The summed E-state index contributed by atoms with van der Waals surface area (Å²) in [7, 11) is 0. The third kappa shape index (κ3) is 8.64. The van der Waals surface area contributed by atoms with Crippen molar-refractivity contribution < 1.29 is 19.1 Å². The lowest BCUT2D eigenvalue weighted by Crippen LogP contribution is -2.15. The fourth-order valence-corrected chi connectivity index (χ4v) is 6.39. The molecule has 4 heterocycles. The summed E-state index contributed by atoms with van der Waals surface area (Å²) >= 11 is 2.73. The van der Waals surface area contributed by atoms with Gasteiger partial charge >= 0.3 is 0 Å². The highest BCUT2D eigenvalue weighted by molar-refractivity contribution is 7.15. The number of nitrogens with one attached hydrogen (secondary N) is 1. The van der Waals surface area contributed by atoms with Gasteiger partial charge in [0, 0.05) is 17.5 Å². The minimum Gasteiger partial charge on any atom is -0.492 e. The number of aromatic nitrogens is 6. The van der Waals surface area contributed by atoms with Crippen LogP contribution in [0.15, 0.2) is 46.9 Å². The van der Waals surface area contributed by atoms with Crippen molar-refractivity contribution in [3.05, 3.63) is 58.1 Å². The number of ether oxygens (including phenoxy) is 2. The lowest BCUT2D eigenvalue weighted by atomic mass is 9.82. The third-order valence-electron chi connectivity index (χ3n) is 6.63. The summed E-state index contributed by atoms with van der Waals surface area (Å²) in [4.78, 5) is 33.3. The number of hydrogen-bond donors (Lipinski definition) is 1. The van der Waals surface area contributed by atoms with Gasteiger partial charge in [0.05, 0.1) is 44.1 Å². The molecule has 1 fully saturated rings. The first-order valence-electron chi connectivity index (χ1n) is 14.1. The van der Waals surface area contributed by atoms with Crippen LogP contribution in [0.2, 0.25) is 0 Å². The molecule has 2 amide bonds. The highest BCUT2D eigenvalue weighted by atomic mass is 32.1. The smallest absolute Gasteiger partial charge is 0.270 e. The summed E-state index contributed by atoms with van der Waals surface area (Å²) in [5.74, 6) is 1.10. The Labute approximate surface area is 256 Å². The van der Waals surface area contributed by atoms with E-state index in [1.807, 2.05) is 13.8 Å². The normalized spacial score (nSPS) is 16.7. The van der Waals surface area contributed by atoms with Gasteiger partial charge in [0.25, 0.3) is 11.0 Å². The molecule has 4 aromatic heterocycles. The molecule has 1 saturated carbocycles. The average molecular weight is 622 g/mol. The Morgan fingerprint density at radius 2 is 1.49 bits per heavy atom. The molecule has 13 nitrogen and oxygen atoms in total. The van der Waals surface area contributed by atoms with E-state index in [0.717, 1.165) is 35.7 Å². The number of azo groups is 1. The standard InChI is InChI=1S/C28H31N9O4S2/c1-3-40-21-10-8-19(29-15-21)13-23(38)31-27-35-33-25(42-27)17-6-5-7-18(12-17)26-34-37-28(43-26)36-32-24(39)14-20-9-11-22(16-30-20)41-4-2/h8-11,15-18H,3-7,12-14H2,1-2H3,(H,31,35,38)/t17-,18-/m0/s1. The van der Waals surface area contributed by atoms with E-state index in [1.54, 1.807) is 36.7 Å². The molecule has 2 atom stereocenters. The maximum Gasteiger partial charge on any atom is 0.270 e. The lowest BCUT2D eigenvalue weighted by molar-refractivity contribution is -0.118. The summed E-state index contributed by atoms with van der Waals surface area (Å²) in [6.07, 6.45) is 7.16. The second-order valence-electron chi connectivity index (χ2n) is 9.76. The first-order chi connectivity index (χ1) is 21.0. The Bertz CT molecular complexity index is 1540. The van der Waals surface area contributed by atoms with E-state index in [1.165, 1.54) is 22.7 Å². The average Bonchev–Trinajstić information content (AvgIpc) is 3.69. The number of pyridine rings is 2. The van der Waals surface area contributed by atoms with Crippen molar-refractivity contribution in [2.45, 2.75) is 64.2 Å². The first kappa shape index (κ1) is 30.2. The summed E-state index contributed by atoms with van der Waals surface area (Å²) < 4.78 is 10.8. The lowest BCUT2D eigenvalue weighted by Gasteiger charge is -2.25. The number of amides is 2. The molecule has 0 aromatic carbocycles. The molecule has 15 heteroatoms. The molecular weight excluding hydrogens is 591 g/mol. The molecule has 0 aliphatic heterocycles.